The lowest BCUT2D eigenvalue weighted by molar-refractivity contribution is -0.146. The molecule has 190 valence electrons. The maximum atomic E-state index is 13.9. The van der Waals surface area contributed by atoms with Gasteiger partial charge in [0, 0.05) is 62.9 Å². The van der Waals surface area contributed by atoms with Crippen molar-refractivity contribution in [3.05, 3.63) is 47.5 Å². The van der Waals surface area contributed by atoms with Crippen LogP contribution in [0.15, 0.2) is 30.7 Å². The van der Waals surface area contributed by atoms with Gasteiger partial charge >= 0.3 is 6.18 Å². The molecule has 1 aliphatic carbocycles. The van der Waals surface area contributed by atoms with Crippen LogP contribution in [0, 0.1) is 11.3 Å². The normalized spacial score (nSPS) is 26.3. The average molecular weight is 490 g/mol. The third-order valence-corrected chi connectivity index (χ3v) is 8.62. The smallest absolute Gasteiger partial charge is 0.337 e. The first-order chi connectivity index (χ1) is 16.7. The van der Waals surface area contributed by atoms with Gasteiger partial charge in [0.25, 0.3) is 0 Å². The summed E-state index contributed by atoms with van der Waals surface area (Å²) in [5, 5.41) is 4.40. The van der Waals surface area contributed by atoms with Crippen molar-refractivity contribution in [1.29, 1.82) is 0 Å². The number of hydrogen-bond donors (Lipinski definition) is 0. The third-order valence-electron chi connectivity index (χ3n) is 8.62. The quantitative estimate of drug-likeness (QED) is 0.624. The van der Waals surface area contributed by atoms with Crippen LogP contribution < -0.4 is 0 Å². The summed E-state index contributed by atoms with van der Waals surface area (Å²) in [6.07, 6.45) is 5.57. The second kappa shape index (κ2) is 9.22. The van der Waals surface area contributed by atoms with Crippen molar-refractivity contribution in [3.63, 3.8) is 0 Å². The molecule has 2 atom stereocenters. The maximum Gasteiger partial charge on any atom is 0.417 e. The lowest BCUT2D eigenvalue weighted by Crippen LogP contribution is -2.49. The molecule has 9 heteroatoms. The van der Waals surface area contributed by atoms with Gasteiger partial charge in [-0.05, 0) is 55.7 Å². The number of hydrogen-bond acceptors (Lipinski definition) is 4. The van der Waals surface area contributed by atoms with Crippen molar-refractivity contribution in [2.75, 3.05) is 19.6 Å². The number of carbonyl (C=O) groups excluding carboxylic acids is 1. The molecule has 5 rings (SSSR count). The van der Waals surface area contributed by atoms with E-state index < -0.39 is 17.2 Å². The molecule has 35 heavy (non-hydrogen) atoms. The molecule has 1 unspecified atom stereocenters. The molecule has 6 nitrogen and oxygen atoms in total. The topological polar surface area (TPSA) is 54.3 Å². The van der Waals surface area contributed by atoms with Gasteiger partial charge in [-0.2, -0.15) is 18.3 Å². The van der Waals surface area contributed by atoms with Crippen LogP contribution in [0.1, 0.15) is 68.8 Å². The van der Waals surface area contributed by atoms with E-state index in [2.05, 4.69) is 33.5 Å². The molecule has 1 amide bonds. The van der Waals surface area contributed by atoms with Crippen LogP contribution in [-0.4, -0.2) is 56.1 Å². The summed E-state index contributed by atoms with van der Waals surface area (Å²) in [5.41, 5.74) is -0.0158. The van der Waals surface area contributed by atoms with Crippen molar-refractivity contribution in [1.82, 2.24) is 24.6 Å². The second-order valence-corrected chi connectivity index (χ2v) is 10.8. The molecule has 2 aliphatic heterocycles. The van der Waals surface area contributed by atoms with Crippen molar-refractivity contribution < 1.29 is 18.0 Å². The molecular weight excluding hydrogens is 455 g/mol. The number of aromatic nitrogens is 3. The molecule has 2 aromatic rings. The van der Waals surface area contributed by atoms with Crippen LogP contribution in [0.5, 0.6) is 0 Å². The number of carbonyl (C=O) groups is 1. The van der Waals surface area contributed by atoms with Crippen LogP contribution in [0.2, 0.25) is 0 Å². The minimum Gasteiger partial charge on any atom is -0.337 e. The fourth-order valence-corrected chi connectivity index (χ4v) is 6.41. The highest BCUT2D eigenvalue weighted by molar-refractivity contribution is 5.83. The van der Waals surface area contributed by atoms with Gasteiger partial charge in [-0.15, -0.1) is 0 Å². The number of fused-ring (bicyclic) bond motifs is 1. The van der Waals surface area contributed by atoms with E-state index in [1.165, 1.54) is 6.07 Å². The Kier molecular flexibility index (Phi) is 6.40. The van der Waals surface area contributed by atoms with Gasteiger partial charge in [-0.3, -0.25) is 14.5 Å². The predicted molar refractivity (Wildman–Crippen MR) is 125 cm³/mol. The molecular formula is C26H34F3N5O. The maximum absolute atomic E-state index is 13.9. The van der Waals surface area contributed by atoms with Crippen molar-refractivity contribution in [3.8, 4) is 0 Å². The molecule has 0 spiro atoms. The summed E-state index contributed by atoms with van der Waals surface area (Å²) in [6, 6.07) is 3.94. The average Bonchev–Trinajstić information content (AvgIpc) is 3.54. The number of nitrogens with zero attached hydrogens (tertiary/aromatic N) is 5. The van der Waals surface area contributed by atoms with Crippen LogP contribution in [-0.2, 0) is 23.9 Å². The Labute approximate surface area is 204 Å². The Morgan fingerprint density at radius 2 is 1.91 bits per heavy atom. The van der Waals surface area contributed by atoms with Crippen LogP contribution in [0.4, 0.5) is 13.2 Å². The Bertz CT molecular complexity index is 1050. The van der Waals surface area contributed by atoms with E-state index in [9.17, 15) is 18.0 Å². The summed E-state index contributed by atoms with van der Waals surface area (Å²) in [5.74, 6) is 0.270. The molecule has 3 aliphatic rings. The summed E-state index contributed by atoms with van der Waals surface area (Å²) >= 11 is 0. The number of amides is 1. The zero-order valence-electron chi connectivity index (χ0n) is 20.5. The fraction of sp³-hybridized carbons (Fsp3) is 0.654. The van der Waals surface area contributed by atoms with Gasteiger partial charge in [0.2, 0.25) is 5.91 Å². The standard InChI is InChI=1S/C26H34F3N5O/c1-18(2)25(8-4-22(15-25)32-11-5-21(6-12-32)34-10-3-9-31-34)24(35)33-13-7-23-19(17-33)14-20(16-30-23)26(27,28)29/h3,9-10,14,16,18,21-22H,4-8,11-13,15,17H2,1-2H3/t22?,25-/m0/s1. The largest absolute Gasteiger partial charge is 0.417 e. The summed E-state index contributed by atoms with van der Waals surface area (Å²) in [6.45, 7) is 6.95. The number of rotatable bonds is 4. The minimum atomic E-state index is -4.43. The fourth-order valence-electron chi connectivity index (χ4n) is 6.41. The molecule has 0 N–H and O–H groups in total. The number of likely N-dealkylation sites (tertiary alicyclic amines) is 1. The minimum absolute atomic E-state index is 0.101. The second-order valence-electron chi connectivity index (χ2n) is 10.8. The van der Waals surface area contributed by atoms with Crippen LogP contribution in [0.25, 0.3) is 0 Å². The summed E-state index contributed by atoms with van der Waals surface area (Å²) in [4.78, 5) is 22.3. The summed E-state index contributed by atoms with van der Waals surface area (Å²) in [7, 11) is 0. The Balaban J connectivity index is 1.27. The SMILES string of the molecule is CC(C)[C@]1(C(=O)N2CCc3ncc(C(F)(F)F)cc3C2)CCC(N2CCC(n3cccn3)CC2)C1. The molecule has 0 radical (unpaired) electrons. The molecule has 2 aromatic heterocycles. The van der Waals surface area contributed by atoms with Crippen molar-refractivity contribution in [2.45, 2.75) is 77.2 Å². The highest BCUT2D eigenvalue weighted by atomic mass is 19.4. The van der Waals surface area contributed by atoms with Gasteiger partial charge in [0.05, 0.1) is 17.0 Å². The molecule has 1 saturated heterocycles. The molecule has 1 saturated carbocycles. The Morgan fingerprint density at radius 3 is 2.57 bits per heavy atom. The van der Waals surface area contributed by atoms with Gasteiger partial charge in [-0.1, -0.05) is 13.8 Å². The van der Waals surface area contributed by atoms with Gasteiger partial charge in [0.15, 0.2) is 0 Å². The van der Waals surface area contributed by atoms with E-state index in [0.717, 1.165) is 51.4 Å². The summed E-state index contributed by atoms with van der Waals surface area (Å²) < 4.78 is 41.7. The molecule has 0 aromatic carbocycles. The zero-order valence-corrected chi connectivity index (χ0v) is 20.5. The van der Waals surface area contributed by atoms with Gasteiger partial charge in [-0.25, -0.2) is 0 Å². The van der Waals surface area contributed by atoms with E-state index in [-0.39, 0.29) is 18.4 Å². The highest BCUT2D eigenvalue weighted by Crippen LogP contribution is 2.48. The monoisotopic (exact) mass is 489 g/mol. The first kappa shape index (κ1) is 24.3. The number of pyridine rings is 1. The zero-order chi connectivity index (χ0) is 24.8. The van der Waals surface area contributed by atoms with E-state index in [1.807, 2.05) is 18.5 Å². The predicted octanol–water partition coefficient (Wildman–Crippen LogP) is 4.71. The number of piperidine rings is 1. The number of halogens is 3. The lowest BCUT2D eigenvalue weighted by Gasteiger charge is -2.41. The van der Waals surface area contributed by atoms with Gasteiger partial charge < -0.3 is 9.80 Å². The first-order valence-electron chi connectivity index (χ1n) is 12.7. The molecule has 4 heterocycles. The lowest BCUT2D eigenvalue weighted by atomic mass is 9.73. The van der Waals surface area contributed by atoms with Crippen molar-refractivity contribution in [2.24, 2.45) is 11.3 Å². The van der Waals surface area contributed by atoms with E-state index in [4.69, 9.17) is 0 Å². The van der Waals surface area contributed by atoms with Crippen molar-refractivity contribution >= 4 is 5.91 Å². The van der Waals surface area contributed by atoms with Crippen LogP contribution >= 0.6 is 0 Å². The molecule has 0 bridgehead atoms. The van der Waals surface area contributed by atoms with E-state index in [1.54, 1.807) is 4.90 Å². The van der Waals surface area contributed by atoms with Crippen LogP contribution in [0.3, 0.4) is 0 Å². The van der Waals surface area contributed by atoms with E-state index >= 15 is 0 Å². The number of alkyl halides is 3. The van der Waals surface area contributed by atoms with Gasteiger partial charge in [0.1, 0.15) is 0 Å². The highest BCUT2D eigenvalue weighted by Gasteiger charge is 2.51. The first-order valence-corrected chi connectivity index (χ1v) is 12.7. The Hall–Kier alpha value is -2.42. The Morgan fingerprint density at radius 1 is 1.14 bits per heavy atom. The van der Waals surface area contributed by atoms with E-state index in [0.29, 0.717) is 36.3 Å². The third kappa shape index (κ3) is 4.59. The molecule has 2 fully saturated rings.